The normalized spacial score (nSPS) is 20.5. The summed E-state index contributed by atoms with van der Waals surface area (Å²) in [6.45, 7) is 3.12. The van der Waals surface area contributed by atoms with E-state index in [1.54, 1.807) is 18.2 Å². The number of hydrogen-bond acceptors (Lipinski definition) is 4. The summed E-state index contributed by atoms with van der Waals surface area (Å²) < 4.78 is 10.5. The Hall–Kier alpha value is -1.75. The van der Waals surface area contributed by atoms with Crippen LogP contribution in [0.3, 0.4) is 0 Å². The number of ether oxygens (including phenoxy) is 2. The van der Waals surface area contributed by atoms with Gasteiger partial charge in [-0.1, -0.05) is 0 Å². The summed E-state index contributed by atoms with van der Waals surface area (Å²) in [5.74, 6) is 1.99. The molecule has 0 aromatic heterocycles. The molecule has 1 atom stereocenters. The molecule has 2 aliphatic heterocycles. The first kappa shape index (κ1) is 12.3. The zero-order valence-electron chi connectivity index (χ0n) is 10.8. The van der Waals surface area contributed by atoms with Gasteiger partial charge in [0.05, 0.1) is 0 Å². The summed E-state index contributed by atoms with van der Waals surface area (Å²) >= 11 is 0. The van der Waals surface area contributed by atoms with E-state index in [4.69, 9.17) is 9.47 Å². The van der Waals surface area contributed by atoms with Crippen LogP contribution >= 0.6 is 0 Å². The highest BCUT2D eigenvalue weighted by atomic mass is 16.7. The van der Waals surface area contributed by atoms with E-state index in [1.165, 1.54) is 6.42 Å². The molecule has 0 aliphatic carbocycles. The van der Waals surface area contributed by atoms with Crippen molar-refractivity contribution < 1.29 is 14.3 Å². The average molecular weight is 262 g/mol. The van der Waals surface area contributed by atoms with E-state index in [9.17, 15) is 4.79 Å². The Morgan fingerprint density at radius 1 is 1.37 bits per heavy atom. The van der Waals surface area contributed by atoms with Crippen LogP contribution in [0.2, 0.25) is 0 Å². The molecular formula is C14H18N2O3. The van der Waals surface area contributed by atoms with Crippen molar-refractivity contribution in [3.8, 4) is 11.5 Å². The Bertz CT molecular complexity index is 470. The van der Waals surface area contributed by atoms with Crippen LogP contribution in [0.4, 0.5) is 0 Å². The number of rotatable bonds is 4. The molecule has 1 amide bonds. The topological polar surface area (TPSA) is 59.6 Å². The predicted octanol–water partition coefficient (Wildman–Crippen LogP) is 1.14. The first-order chi connectivity index (χ1) is 9.33. The Morgan fingerprint density at radius 3 is 3.11 bits per heavy atom. The highest BCUT2D eigenvalue weighted by molar-refractivity contribution is 5.94. The van der Waals surface area contributed by atoms with E-state index >= 15 is 0 Å². The summed E-state index contributed by atoms with van der Waals surface area (Å²) in [6, 6.07) is 5.27. The summed E-state index contributed by atoms with van der Waals surface area (Å²) in [6.07, 6.45) is 2.24. The summed E-state index contributed by atoms with van der Waals surface area (Å²) in [5.41, 5.74) is 0.619. The molecule has 2 aliphatic rings. The highest BCUT2D eigenvalue weighted by Gasteiger charge is 2.17. The van der Waals surface area contributed by atoms with E-state index in [1.807, 2.05) is 0 Å². The lowest BCUT2D eigenvalue weighted by molar-refractivity contribution is 0.0951. The van der Waals surface area contributed by atoms with Crippen LogP contribution < -0.4 is 20.1 Å². The van der Waals surface area contributed by atoms with Crippen molar-refractivity contribution in [1.82, 2.24) is 10.6 Å². The molecule has 1 saturated heterocycles. The van der Waals surface area contributed by atoms with Gasteiger partial charge in [0.15, 0.2) is 11.5 Å². The standard InChI is InChI=1S/C14H18N2O3/c17-14(16-6-4-10-3-5-15-8-10)11-1-2-12-13(7-11)19-9-18-12/h1-2,7,10,15H,3-6,8-9H2,(H,16,17). The van der Waals surface area contributed by atoms with Gasteiger partial charge in [-0.25, -0.2) is 0 Å². The monoisotopic (exact) mass is 262 g/mol. The maximum Gasteiger partial charge on any atom is 0.251 e. The molecule has 0 bridgehead atoms. The molecule has 19 heavy (non-hydrogen) atoms. The third-order valence-corrected chi connectivity index (χ3v) is 3.64. The van der Waals surface area contributed by atoms with Crippen LogP contribution in [0.25, 0.3) is 0 Å². The zero-order valence-corrected chi connectivity index (χ0v) is 10.8. The Balaban J connectivity index is 1.52. The molecule has 2 heterocycles. The number of carbonyl (C=O) groups is 1. The number of nitrogens with one attached hydrogen (secondary N) is 2. The van der Waals surface area contributed by atoms with Gasteiger partial charge in [0.2, 0.25) is 6.79 Å². The lowest BCUT2D eigenvalue weighted by Crippen LogP contribution is -2.26. The molecule has 3 rings (SSSR count). The SMILES string of the molecule is O=C(NCCC1CCNC1)c1ccc2c(c1)OCO2. The van der Waals surface area contributed by atoms with Crippen molar-refractivity contribution in [3.63, 3.8) is 0 Å². The second-order valence-corrected chi connectivity index (χ2v) is 4.97. The van der Waals surface area contributed by atoms with Crippen LogP contribution in [0.5, 0.6) is 11.5 Å². The molecule has 0 saturated carbocycles. The smallest absolute Gasteiger partial charge is 0.251 e. The minimum absolute atomic E-state index is 0.0516. The van der Waals surface area contributed by atoms with E-state index < -0.39 is 0 Å². The van der Waals surface area contributed by atoms with E-state index in [0.29, 0.717) is 23.0 Å². The third kappa shape index (κ3) is 2.81. The zero-order chi connectivity index (χ0) is 13.1. The maximum absolute atomic E-state index is 12.0. The van der Waals surface area contributed by atoms with E-state index in [0.717, 1.165) is 26.1 Å². The summed E-state index contributed by atoms with van der Waals surface area (Å²) in [4.78, 5) is 12.0. The van der Waals surface area contributed by atoms with Gasteiger partial charge in [-0.2, -0.15) is 0 Å². The first-order valence-electron chi connectivity index (χ1n) is 6.71. The van der Waals surface area contributed by atoms with Crippen molar-refractivity contribution in [2.75, 3.05) is 26.4 Å². The molecule has 1 aromatic carbocycles. The van der Waals surface area contributed by atoms with Crippen molar-refractivity contribution in [2.45, 2.75) is 12.8 Å². The quantitative estimate of drug-likeness (QED) is 0.854. The van der Waals surface area contributed by atoms with Crippen molar-refractivity contribution in [1.29, 1.82) is 0 Å². The lowest BCUT2D eigenvalue weighted by Gasteiger charge is -2.09. The fourth-order valence-electron chi connectivity index (χ4n) is 2.49. The van der Waals surface area contributed by atoms with Crippen LogP contribution in [0.1, 0.15) is 23.2 Å². The second-order valence-electron chi connectivity index (χ2n) is 4.97. The minimum atomic E-state index is -0.0516. The van der Waals surface area contributed by atoms with Crippen LogP contribution in [-0.4, -0.2) is 32.3 Å². The Kier molecular flexibility index (Phi) is 3.55. The van der Waals surface area contributed by atoms with Gasteiger partial charge in [0.25, 0.3) is 5.91 Å². The predicted molar refractivity (Wildman–Crippen MR) is 70.5 cm³/mol. The summed E-state index contributed by atoms with van der Waals surface area (Å²) in [5, 5.41) is 6.28. The number of carbonyl (C=O) groups excluding carboxylic acids is 1. The first-order valence-corrected chi connectivity index (χ1v) is 6.71. The minimum Gasteiger partial charge on any atom is -0.454 e. The third-order valence-electron chi connectivity index (χ3n) is 3.64. The molecule has 1 aromatic rings. The van der Waals surface area contributed by atoms with Crippen LogP contribution in [0.15, 0.2) is 18.2 Å². The fourth-order valence-corrected chi connectivity index (χ4v) is 2.49. The molecule has 0 spiro atoms. The van der Waals surface area contributed by atoms with Gasteiger partial charge < -0.3 is 20.1 Å². The average Bonchev–Trinajstić information content (AvgIpc) is 3.08. The molecule has 5 heteroatoms. The van der Waals surface area contributed by atoms with Crippen molar-refractivity contribution in [3.05, 3.63) is 23.8 Å². The number of fused-ring (bicyclic) bond motifs is 1. The summed E-state index contributed by atoms with van der Waals surface area (Å²) in [7, 11) is 0. The van der Waals surface area contributed by atoms with Gasteiger partial charge >= 0.3 is 0 Å². The lowest BCUT2D eigenvalue weighted by atomic mass is 10.1. The molecule has 0 radical (unpaired) electrons. The Morgan fingerprint density at radius 2 is 2.26 bits per heavy atom. The largest absolute Gasteiger partial charge is 0.454 e. The van der Waals surface area contributed by atoms with Crippen molar-refractivity contribution >= 4 is 5.91 Å². The van der Waals surface area contributed by atoms with Gasteiger partial charge in [-0.05, 0) is 50.0 Å². The fraction of sp³-hybridized carbons (Fsp3) is 0.500. The number of benzene rings is 1. The molecular weight excluding hydrogens is 244 g/mol. The van der Waals surface area contributed by atoms with Gasteiger partial charge in [0, 0.05) is 12.1 Å². The number of amides is 1. The molecule has 1 fully saturated rings. The van der Waals surface area contributed by atoms with Gasteiger partial charge in [-0.3, -0.25) is 4.79 Å². The van der Waals surface area contributed by atoms with Crippen LogP contribution in [-0.2, 0) is 0 Å². The van der Waals surface area contributed by atoms with Crippen molar-refractivity contribution in [2.24, 2.45) is 5.92 Å². The highest BCUT2D eigenvalue weighted by Crippen LogP contribution is 2.32. The molecule has 2 N–H and O–H groups in total. The molecule has 1 unspecified atom stereocenters. The second kappa shape index (κ2) is 5.48. The van der Waals surface area contributed by atoms with E-state index in [2.05, 4.69) is 10.6 Å². The Labute approximate surface area is 112 Å². The number of hydrogen-bond donors (Lipinski definition) is 2. The van der Waals surface area contributed by atoms with Gasteiger partial charge in [-0.15, -0.1) is 0 Å². The molecule has 5 nitrogen and oxygen atoms in total. The van der Waals surface area contributed by atoms with Gasteiger partial charge in [0.1, 0.15) is 0 Å². The maximum atomic E-state index is 12.0. The van der Waals surface area contributed by atoms with E-state index in [-0.39, 0.29) is 12.7 Å². The van der Waals surface area contributed by atoms with Crippen LogP contribution in [0, 0.1) is 5.92 Å². The molecule has 102 valence electrons.